The van der Waals surface area contributed by atoms with Gasteiger partial charge in [0.1, 0.15) is 0 Å². The second-order valence-corrected chi connectivity index (χ2v) is 6.91. The van der Waals surface area contributed by atoms with Gasteiger partial charge in [-0.15, -0.1) is 0 Å². The van der Waals surface area contributed by atoms with Crippen LogP contribution in [0.5, 0.6) is 0 Å². The molecule has 2 aliphatic rings. The fourth-order valence-electron chi connectivity index (χ4n) is 3.63. The number of carbonyl (C=O) groups is 1. The van der Waals surface area contributed by atoms with Gasteiger partial charge in [0.05, 0.1) is 6.54 Å². The molecule has 0 radical (unpaired) electrons. The summed E-state index contributed by atoms with van der Waals surface area (Å²) in [5.41, 5.74) is 0. The van der Waals surface area contributed by atoms with E-state index in [4.69, 9.17) is 0 Å². The first-order valence-corrected chi connectivity index (χ1v) is 8.30. The van der Waals surface area contributed by atoms with E-state index in [-0.39, 0.29) is 5.91 Å². The molecule has 2 rings (SSSR count). The normalized spacial score (nSPS) is 25.9. The highest BCUT2D eigenvalue weighted by atomic mass is 16.2. The van der Waals surface area contributed by atoms with Crippen LogP contribution in [0.2, 0.25) is 0 Å². The predicted octanol–water partition coefficient (Wildman–Crippen LogP) is 1.71. The Morgan fingerprint density at radius 2 is 1.90 bits per heavy atom. The number of nitrogens with zero attached hydrogens (tertiary/aromatic N) is 2. The van der Waals surface area contributed by atoms with Crippen molar-refractivity contribution in [2.75, 3.05) is 40.3 Å². The van der Waals surface area contributed by atoms with Gasteiger partial charge >= 0.3 is 0 Å². The zero-order valence-electron chi connectivity index (χ0n) is 13.2. The Hall–Kier alpha value is -0.610. The second kappa shape index (κ2) is 7.99. The van der Waals surface area contributed by atoms with Crippen molar-refractivity contribution in [3.63, 3.8) is 0 Å². The Morgan fingerprint density at radius 1 is 1.15 bits per heavy atom. The summed E-state index contributed by atoms with van der Waals surface area (Å²) >= 11 is 0. The molecule has 4 nitrogen and oxygen atoms in total. The number of hydrogen-bond donors (Lipinski definition) is 1. The van der Waals surface area contributed by atoms with Crippen molar-refractivity contribution in [2.24, 2.45) is 5.92 Å². The molecule has 0 aromatic heterocycles. The van der Waals surface area contributed by atoms with Gasteiger partial charge in [-0.3, -0.25) is 4.79 Å². The number of likely N-dealkylation sites (tertiary alicyclic amines) is 1. The molecule has 1 saturated carbocycles. The molecular formula is C16H31N3O. The molecule has 1 unspecified atom stereocenters. The molecule has 1 N–H and O–H groups in total. The van der Waals surface area contributed by atoms with Crippen LogP contribution in [0.15, 0.2) is 0 Å². The van der Waals surface area contributed by atoms with Crippen LogP contribution in [-0.2, 0) is 4.79 Å². The summed E-state index contributed by atoms with van der Waals surface area (Å²) in [4.78, 5) is 16.4. The topological polar surface area (TPSA) is 35.6 Å². The maximum absolute atomic E-state index is 11.8. The van der Waals surface area contributed by atoms with Crippen LogP contribution >= 0.6 is 0 Å². The number of nitrogens with one attached hydrogen (secondary N) is 1. The first-order chi connectivity index (χ1) is 9.63. The Bertz CT molecular complexity index is 300. The fraction of sp³-hybridized carbons (Fsp3) is 0.938. The largest absolute Gasteiger partial charge is 0.351 e. The Labute approximate surface area is 123 Å². The quantitative estimate of drug-likeness (QED) is 0.833. The average molecular weight is 281 g/mol. The highest BCUT2D eigenvalue weighted by Crippen LogP contribution is 2.25. The van der Waals surface area contributed by atoms with Gasteiger partial charge in [-0.2, -0.15) is 0 Å². The number of rotatable bonds is 5. The fourth-order valence-corrected chi connectivity index (χ4v) is 3.63. The number of likely N-dealkylation sites (N-methyl/N-ethyl adjacent to an activating group) is 1. The van der Waals surface area contributed by atoms with Crippen LogP contribution in [0.4, 0.5) is 0 Å². The lowest BCUT2D eigenvalue weighted by atomic mass is 9.88. The van der Waals surface area contributed by atoms with Crippen molar-refractivity contribution in [2.45, 2.75) is 51.0 Å². The summed E-state index contributed by atoms with van der Waals surface area (Å²) < 4.78 is 0. The van der Waals surface area contributed by atoms with Crippen molar-refractivity contribution in [3.05, 3.63) is 0 Å². The van der Waals surface area contributed by atoms with E-state index >= 15 is 0 Å². The Morgan fingerprint density at radius 3 is 2.60 bits per heavy atom. The minimum Gasteiger partial charge on any atom is -0.351 e. The van der Waals surface area contributed by atoms with Gasteiger partial charge in [0.25, 0.3) is 0 Å². The monoisotopic (exact) mass is 281 g/mol. The Balaban J connectivity index is 1.72. The third kappa shape index (κ3) is 5.41. The first kappa shape index (κ1) is 15.8. The summed E-state index contributed by atoms with van der Waals surface area (Å²) in [5, 5.41) is 3.20. The van der Waals surface area contributed by atoms with Crippen LogP contribution in [0, 0.1) is 5.92 Å². The van der Waals surface area contributed by atoms with Gasteiger partial charge in [0, 0.05) is 19.1 Å². The second-order valence-electron chi connectivity index (χ2n) is 6.91. The third-order valence-electron chi connectivity index (χ3n) is 4.57. The summed E-state index contributed by atoms with van der Waals surface area (Å²) in [6, 6.07) is 0.361. The number of amides is 1. The van der Waals surface area contributed by atoms with Crippen LogP contribution in [-0.4, -0.2) is 62.0 Å². The average Bonchev–Trinajstić information content (AvgIpc) is 2.39. The van der Waals surface area contributed by atoms with E-state index < -0.39 is 0 Å². The minimum atomic E-state index is 0.166. The number of carbonyl (C=O) groups excluding carboxylic acids is 1. The molecule has 116 valence electrons. The van der Waals surface area contributed by atoms with E-state index in [0.717, 1.165) is 18.9 Å². The maximum Gasteiger partial charge on any atom is 0.234 e. The van der Waals surface area contributed by atoms with Crippen molar-refractivity contribution in [1.82, 2.24) is 15.1 Å². The highest BCUT2D eigenvalue weighted by Gasteiger charge is 2.24. The molecule has 1 aliphatic heterocycles. The Kier molecular flexibility index (Phi) is 6.30. The van der Waals surface area contributed by atoms with E-state index in [1.807, 2.05) is 19.0 Å². The van der Waals surface area contributed by atoms with E-state index in [9.17, 15) is 4.79 Å². The first-order valence-electron chi connectivity index (χ1n) is 8.30. The summed E-state index contributed by atoms with van der Waals surface area (Å²) in [6.07, 6.45) is 9.45. The van der Waals surface area contributed by atoms with Crippen LogP contribution in [0.3, 0.4) is 0 Å². The van der Waals surface area contributed by atoms with Gasteiger partial charge in [-0.1, -0.05) is 19.3 Å². The van der Waals surface area contributed by atoms with Crippen LogP contribution in [0.25, 0.3) is 0 Å². The van der Waals surface area contributed by atoms with E-state index in [1.54, 1.807) is 0 Å². The van der Waals surface area contributed by atoms with Crippen LogP contribution in [0.1, 0.15) is 44.9 Å². The molecular weight excluding hydrogens is 250 g/mol. The van der Waals surface area contributed by atoms with Crippen molar-refractivity contribution in [1.29, 1.82) is 0 Å². The SMILES string of the molecule is CN(C)CC(=O)NC1CCCN(CC2CCCCC2)C1. The van der Waals surface area contributed by atoms with Gasteiger partial charge in [0.15, 0.2) is 0 Å². The zero-order chi connectivity index (χ0) is 14.4. The molecule has 1 saturated heterocycles. The van der Waals surface area contributed by atoms with Gasteiger partial charge in [-0.25, -0.2) is 0 Å². The maximum atomic E-state index is 11.8. The van der Waals surface area contributed by atoms with Gasteiger partial charge < -0.3 is 15.1 Å². The molecule has 20 heavy (non-hydrogen) atoms. The minimum absolute atomic E-state index is 0.166. The van der Waals surface area contributed by atoms with Crippen molar-refractivity contribution >= 4 is 5.91 Å². The number of piperidine rings is 1. The summed E-state index contributed by atoms with van der Waals surface area (Å²) in [6.45, 7) is 4.02. The van der Waals surface area contributed by atoms with E-state index in [1.165, 1.54) is 51.6 Å². The van der Waals surface area contributed by atoms with E-state index in [0.29, 0.717) is 12.6 Å². The van der Waals surface area contributed by atoms with Crippen molar-refractivity contribution in [3.8, 4) is 0 Å². The molecule has 1 amide bonds. The van der Waals surface area contributed by atoms with Gasteiger partial charge in [0.2, 0.25) is 5.91 Å². The van der Waals surface area contributed by atoms with Crippen LogP contribution < -0.4 is 5.32 Å². The number of hydrogen-bond acceptors (Lipinski definition) is 3. The van der Waals surface area contributed by atoms with Gasteiger partial charge in [-0.05, 0) is 52.2 Å². The molecule has 1 aliphatic carbocycles. The molecule has 0 bridgehead atoms. The van der Waals surface area contributed by atoms with E-state index in [2.05, 4.69) is 10.2 Å². The molecule has 0 aromatic rings. The lowest BCUT2D eigenvalue weighted by Crippen LogP contribution is -2.50. The predicted molar refractivity (Wildman–Crippen MR) is 82.7 cm³/mol. The summed E-state index contributed by atoms with van der Waals surface area (Å²) in [7, 11) is 3.88. The zero-order valence-corrected chi connectivity index (χ0v) is 13.2. The lowest BCUT2D eigenvalue weighted by Gasteiger charge is -2.36. The molecule has 2 fully saturated rings. The summed E-state index contributed by atoms with van der Waals surface area (Å²) in [5.74, 6) is 1.07. The molecule has 4 heteroatoms. The van der Waals surface area contributed by atoms with Crippen molar-refractivity contribution < 1.29 is 4.79 Å². The molecule has 1 heterocycles. The lowest BCUT2D eigenvalue weighted by molar-refractivity contribution is -0.122. The molecule has 1 atom stereocenters. The standard InChI is InChI=1S/C16H31N3O/c1-18(2)13-16(20)17-15-9-6-10-19(12-15)11-14-7-4-3-5-8-14/h14-15H,3-13H2,1-2H3,(H,17,20). The third-order valence-corrected chi connectivity index (χ3v) is 4.57. The molecule has 0 aromatic carbocycles. The smallest absolute Gasteiger partial charge is 0.234 e. The molecule has 0 spiro atoms. The highest BCUT2D eigenvalue weighted by molar-refractivity contribution is 5.78.